The Balaban J connectivity index is 2.12. The zero-order valence-corrected chi connectivity index (χ0v) is 10.2. The lowest BCUT2D eigenvalue weighted by atomic mass is 10.1. The largest absolute Gasteiger partial charge is 0.384 e. The fourth-order valence-electron chi connectivity index (χ4n) is 2.00. The summed E-state index contributed by atoms with van der Waals surface area (Å²) in [4.78, 5) is 4.54. The van der Waals surface area contributed by atoms with Crippen LogP contribution in [0.4, 0.5) is 5.82 Å². The van der Waals surface area contributed by atoms with Gasteiger partial charge in [0.25, 0.3) is 0 Å². The normalized spacial score (nSPS) is 10.9. The maximum absolute atomic E-state index is 5.96. The van der Waals surface area contributed by atoms with Crippen LogP contribution in [-0.4, -0.2) is 14.6 Å². The second kappa shape index (κ2) is 4.14. The molecule has 0 aliphatic heterocycles. The Labute approximate surface area is 105 Å². The van der Waals surface area contributed by atoms with Gasteiger partial charge >= 0.3 is 0 Å². The average molecular weight is 238 g/mol. The third-order valence-corrected chi connectivity index (χ3v) is 3.04. The van der Waals surface area contributed by atoms with Gasteiger partial charge in [0.2, 0.25) is 0 Å². The Morgan fingerprint density at radius 1 is 1.17 bits per heavy atom. The number of hydrogen-bond acceptors (Lipinski definition) is 3. The summed E-state index contributed by atoms with van der Waals surface area (Å²) in [6, 6.07) is 12.1. The van der Waals surface area contributed by atoms with Crippen molar-refractivity contribution in [1.29, 1.82) is 0 Å². The highest BCUT2D eigenvalue weighted by atomic mass is 15.3. The summed E-state index contributed by atoms with van der Waals surface area (Å²) >= 11 is 0. The fraction of sp³-hybridized carbons (Fsp3) is 0.143. The van der Waals surface area contributed by atoms with Crippen molar-refractivity contribution in [1.82, 2.24) is 14.6 Å². The van der Waals surface area contributed by atoms with E-state index in [1.54, 1.807) is 10.7 Å². The first-order valence-electron chi connectivity index (χ1n) is 5.97. The van der Waals surface area contributed by atoms with E-state index in [0.717, 1.165) is 23.3 Å². The summed E-state index contributed by atoms with van der Waals surface area (Å²) in [6.45, 7) is 2.14. The van der Waals surface area contributed by atoms with Crippen LogP contribution in [0.3, 0.4) is 0 Å². The van der Waals surface area contributed by atoms with Crippen LogP contribution in [0.5, 0.6) is 0 Å². The number of rotatable bonds is 2. The predicted octanol–water partition coefficient (Wildman–Crippen LogP) is 2.54. The maximum atomic E-state index is 5.96. The Morgan fingerprint density at radius 2 is 1.94 bits per heavy atom. The summed E-state index contributed by atoms with van der Waals surface area (Å²) < 4.78 is 1.63. The first kappa shape index (κ1) is 10.8. The fourth-order valence-corrected chi connectivity index (χ4v) is 2.00. The van der Waals surface area contributed by atoms with Gasteiger partial charge in [0.05, 0.1) is 11.9 Å². The number of fused-ring (bicyclic) bond motifs is 1. The molecule has 0 aliphatic rings. The molecule has 4 heteroatoms. The molecule has 0 radical (unpaired) electrons. The molecule has 0 saturated heterocycles. The zero-order valence-electron chi connectivity index (χ0n) is 10.2. The molecular formula is C14H14N4. The first-order valence-corrected chi connectivity index (χ1v) is 5.97. The minimum atomic E-state index is 0.597. The zero-order chi connectivity index (χ0) is 12.5. The van der Waals surface area contributed by atoms with Crippen LogP contribution in [0.25, 0.3) is 16.9 Å². The van der Waals surface area contributed by atoms with Crippen molar-refractivity contribution < 1.29 is 0 Å². The summed E-state index contributed by atoms with van der Waals surface area (Å²) in [7, 11) is 0. The second-order valence-electron chi connectivity index (χ2n) is 4.22. The molecule has 2 aromatic heterocycles. The molecule has 0 bridgehead atoms. The molecule has 90 valence electrons. The summed E-state index contributed by atoms with van der Waals surface area (Å²) in [5.41, 5.74) is 9.99. The number of hydrogen-bond donors (Lipinski definition) is 1. The van der Waals surface area contributed by atoms with Gasteiger partial charge in [0, 0.05) is 17.7 Å². The highest BCUT2D eigenvalue weighted by Gasteiger charge is 2.05. The Bertz CT molecular complexity index is 683. The maximum Gasteiger partial charge on any atom is 0.157 e. The van der Waals surface area contributed by atoms with E-state index in [-0.39, 0.29) is 0 Å². The third kappa shape index (κ3) is 1.72. The number of aromatic nitrogens is 3. The molecule has 18 heavy (non-hydrogen) atoms. The molecule has 0 aliphatic carbocycles. The number of nitrogens with zero attached hydrogens (tertiary/aromatic N) is 3. The standard InChI is InChI=1S/C14H14N4/c1-2-10-3-5-11(6-4-10)12-9-13(15)18-14(17-12)7-8-16-18/h3-9H,2,15H2,1H3. The predicted molar refractivity (Wildman–Crippen MR) is 72.2 cm³/mol. The molecule has 2 N–H and O–H groups in total. The molecule has 0 atom stereocenters. The van der Waals surface area contributed by atoms with Gasteiger partial charge in [-0.1, -0.05) is 31.2 Å². The number of nitrogens with two attached hydrogens (primary N) is 1. The smallest absolute Gasteiger partial charge is 0.157 e. The lowest BCUT2D eigenvalue weighted by molar-refractivity contribution is 0.953. The number of nitrogen functional groups attached to an aromatic ring is 1. The lowest BCUT2D eigenvalue weighted by Gasteiger charge is -2.05. The molecule has 0 amide bonds. The van der Waals surface area contributed by atoms with Crippen LogP contribution >= 0.6 is 0 Å². The highest BCUT2D eigenvalue weighted by molar-refractivity contribution is 5.65. The molecule has 1 aromatic carbocycles. The minimum Gasteiger partial charge on any atom is -0.384 e. The Morgan fingerprint density at radius 3 is 2.67 bits per heavy atom. The van der Waals surface area contributed by atoms with E-state index in [4.69, 9.17) is 5.73 Å². The van der Waals surface area contributed by atoms with Gasteiger partial charge in [0.15, 0.2) is 5.65 Å². The summed E-state index contributed by atoms with van der Waals surface area (Å²) in [5, 5.41) is 4.11. The molecule has 4 nitrogen and oxygen atoms in total. The van der Waals surface area contributed by atoms with Crippen molar-refractivity contribution in [3.05, 3.63) is 48.2 Å². The van der Waals surface area contributed by atoms with E-state index < -0.39 is 0 Å². The van der Waals surface area contributed by atoms with Crippen molar-refractivity contribution in [2.45, 2.75) is 13.3 Å². The van der Waals surface area contributed by atoms with Crippen molar-refractivity contribution in [2.24, 2.45) is 0 Å². The highest BCUT2D eigenvalue weighted by Crippen LogP contribution is 2.21. The van der Waals surface area contributed by atoms with Gasteiger partial charge in [-0.25, -0.2) is 4.98 Å². The molecule has 2 heterocycles. The van der Waals surface area contributed by atoms with E-state index in [0.29, 0.717) is 5.82 Å². The van der Waals surface area contributed by atoms with Crippen molar-refractivity contribution in [2.75, 3.05) is 5.73 Å². The molecule has 3 aromatic rings. The van der Waals surface area contributed by atoms with E-state index in [1.807, 2.05) is 12.1 Å². The summed E-state index contributed by atoms with van der Waals surface area (Å²) in [5.74, 6) is 0.597. The molecule has 0 saturated carbocycles. The van der Waals surface area contributed by atoms with Crippen LogP contribution in [0.15, 0.2) is 42.6 Å². The topological polar surface area (TPSA) is 56.2 Å². The van der Waals surface area contributed by atoms with Crippen LogP contribution in [0.1, 0.15) is 12.5 Å². The summed E-state index contributed by atoms with van der Waals surface area (Å²) in [6.07, 6.45) is 2.74. The van der Waals surface area contributed by atoms with E-state index >= 15 is 0 Å². The van der Waals surface area contributed by atoms with Gasteiger partial charge < -0.3 is 5.73 Å². The van der Waals surface area contributed by atoms with Crippen LogP contribution in [0, 0.1) is 0 Å². The monoisotopic (exact) mass is 238 g/mol. The van der Waals surface area contributed by atoms with E-state index in [1.165, 1.54) is 5.56 Å². The third-order valence-electron chi connectivity index (χ3n) is 3.04. The Hall–Kier alpha value is -2.36. The van der Waals surface area contributed by atoms with E-state index in [9.17, 15) is 0 Å². The van der Waals surface area contributed by atoms with Crippen LogP contribution in [-0.2, 0) is 6.42 Å². The molecular weight excluding hydrogens is 224 g/mol. The van der Waals surface area contributed by atoms with Crippen LogP contribution < -0.4 is 5.73 Å². The quantitative estimate of drug-likeness (QED) is 0.746. The van der Waals surface area contributed by atoms with Crippen LogP contribution in [0.2, 0.25) is 0 Å². The number of aryl methyl sites for hydroxylation is 1. The molecule has 0 fully saturated rings. The van der Waals surface area contributed by atoms with Crippen molar-refractivity contribution in [3.8, 4) is 11.3 Å². The Kier molecular flexibility index (Phi) is 2.48. The van der Waals surface area contributed by atoms with Gasteiger partial charge in [-0.15, -0.1) is 0 Å². The number of anilines is 1. The van der Waals surface area contributed by atoms with Gasteiger partial charge in [0.1, 0.15) is 5.82 Å². The minimum absolute atomic E-state index is 0.597. The SMILES string of the molecule is CCc1ccc(-c2cc(N)n3nccc3n2)cc1. The second-order valence-corrected chi connectivity index (χ2v) is 4.22. The molecule has 0 spiro atoms. The van der Waals surface area contributed by atoms with Gasteiger partial charge in [-0.05, 0) is 12.0 Å². The lowest BCUT2D eigenvalue weighted by Crippen LogP contribution is -2.00. The first-order chi connectivity index (χ1) is 8.78. The molecule has 3 rings (SSSR count). The van der Waals surface area contributed by atoms with Gasteiger partial charge in [-0.2, -0.15) is 9.61 Å². The van der Waals surface area contributed by atoms with E-state index in [2.05, 4.69) is 41.3 Å². The van der Waals surface area contributed by atoms with Gasteiger partial charge in [-0.3, -0.25) is 0 Å². The van der Waals surface area contributed by atoms with Crippen molar-refractivity contribution >= 4 is 11.5 Å². The average Bonchev–Trinajstić information content (AvgIpc) is 2.88. The van der Waals surface area contributed by atoms with Crippen molar-refractivity contribution in [3.63, 3.8) is 0 Å². The number of benzene rings is 1. The molecule has 0 unspecified atom stereocenters.